The van der Waals surface area contributed by atoms with Crippen LogP contribution < -0.4 is 5.32 Å². The van der Waals surface area contributed by atoms with E-state index in [2.05, 4.69) is 15.3 Å². The highest BCUT2D eigenvalue weighted by Gasteiger charge is 2.40. The molecule has 0 unspecified atom stereocenters. The minimum absolute atomic E-state index is 0.0263. The largest absolute Gasteiger partial charge is 0.480 e. The third kappa shape index (κ3) is 4.23. The van der Waals surface area contributed by atoms with E-state index in [9.17, 15) is 23.1 Å². The van der Waals surface area contributed by atoms with Crippen molar-refractivity contribution in [3.05, 3.63) is 48.0 Å². The Kier molecular flexibility index (Phi) is 5.80. The molecule has 9 nitrogen and oxygen atoms in total. The van der Waals surface area contributed by atoms with Crippen LogP contribution in [-0.4, -0.2) is 58.3 Å². The van der Waals surface area contributed by atoms with Gasteiger partial charge in [0.1, 0.15) is 12.1 Å². The summed E-state index contributed by atoms with van der Waals surface area (Å²) in [6.45, 7) is 2.07. The quantitative estimate of drug-likeness (QED) is 0.619. The van der Waals surface area contributed by atoms with Crippen molar-refractivity contribution in [1.29, 1.82) is 0 Å². The predicted molar refractivity (Wildman–Crippen MR) is 100.0 cm³/mol. The molecule has 2 aromatic rings. The van der Waals surface area contributed by atoms with E-state index in [-0.39, 0.29) is 17.9 Å². The molecule has 150 valence electrons. The molecule has 1 saturated heterocycles. The summed E-state index contributed by atoms with van der Waals surface area (Å²) in [5, 5.41) is 11.9. The lowest BCUT2D eigenvalue weighted by molar-refractivity contribution is -0.142. The molecule has 0 radical (unpaired) electrons. The third-order valence-electron chi connectivity index (χ3n) is 4.73. The van der Waals surface area contributed by atoms with Crippen LogP contribution in [0, 0.1) is 6.92 Å². The van der Waals surface area contributed by atoms with E-state index < -0.39 is 34.0 Å². The van der Waals surface area contributed by atoms with Gasteiger partial charge in [0.25, 0.3) is 0 Å². The molecule has 10 heteroatoms. The summed E-state index contributed by atoms with van der Waals surface area (Å²) in [4.78, 5) is 31.0. The second-order valence-corrected chi connectivity index (χ2v) is 8.66. The highest BCUT2D eigenvalue weighted by atomic mass is 32.2. The number of rotatable bonds is 7. The van der Waals surface area contributed by atoms with E-state index >= 15 is 0 Å². The summed E-state index contributed by atoms with van der Waals surface area (Å²) in [5.41, 5.74) is 1.49. The molecular weight excluding hydrogens is 384 g/mol. The molecule has 2 heterocycles. The van der Waals surface area contributed by atoms with Crippen molar-refractivity contribution in [2.24, 2.45) is 0 Å². The van der Waals surface area contributed by atoms with Gasteiger partial charge in [0.05, 0.1) is 11.2 Å². The highest BCUT2D eigenvalue weighted by Crippen LogP contribution is 2.26. The number of aliphatic carboxylic acids is 1. The molecule has 1 aromatic carbocycles. The zero-order valence-electron chi connectivity index (χ0n) is 15.3. The normalized spacial score (nSPS) is 18.7. The Morgan fingerprint density at radius 1 is 1.36 bits per heavy atom. The van der Waals surface area contributed by atoms with Crippen molar-refractivity contribution in [2.75, 3.05) is 6.54 Å². The maximum atomic E-state index is 13.0. The average molecular weight is 406 g/mol. The molecule has 0 spiro atoms. The van der Waals surface area contributed by atoms with Crippen LogP contribution >= 0.6 is 0 Å². The number of aryl methyl sites for hydroxylation is 1. The van der Waals surface area contributed by atoms with Gasteiger partial charge in [0, 0.05) is 24.9 Å². The fourth-order valence-electron chi connectivity index (χ4n) is 3.22. The number of nitrogens with zero attached hydrogens (tertiary/aromatic N) is 2. The number of benzene rings is 1. The number of amides is 1. The lowest BCUT2D eigenvalue weighted by Gasteiger charge is -2.25. The van der Waals surface area contributed by atoms with Crippen molar-refractivity contribution in [1.82, 2.24) is 19.6 Å². The first kappa shape index (κ1) is 20.0. The first-order chi connectivity index (χ1) is 13.3. The molecule has 1 amide bonds. The molecule has 1 aliphatic rings. The van der Waals surface area contributed by atoms with Gasteiger partial charge in [-0.05, 0) is 31.9 Å². The van der Waals surface area contributed by atoms with Crippen molar-refractivity contribution >= 4 is 21.9 Å². The number of nitrogens with one attached hydrogen (secondary N) is 2. The Bertz CT molecular complexity index is 941. The zero-order chi connectivity index (χ0) is 20.3. The van der Waals surface area contributed by atoms with Gasteiger partial charge in [-0.1, -0.05) is 17.7 Å². The number of hydrogen-bond acceptors (Lipinski definition) is 5. The number of H-pyrrole nitrogens is 1. The summed E-state index contributed by atoms with van der Waals surface area (Å²) in [6.07, 6.45) is 3.79. The van der Waals surface area contributed by atoms with Gasteiger partial charge in [-0.15, -0.1) is 0 Å². The minimum Gasteiger partial charge on any atom is -0.480 e. The van der Waals surface area contributed by atoms with Crippen molar-refractivity contribution in [3.63, 3.8) is 0 Å². The van der Waals surface area contributed by atoms with Gasteiger partial charge in [-0.25, -0.2) is 18.2 Å². The van der Waals surface area contributed by atoms with E-state index in [4.69, 9.17) is 0 Å². The van der Waals surface area contributed by atoms with Crippen LogP contribution in [0.2, 0.25) is 0 Å². The number of hydrogen-bond donors (Lipinski definition) is 3. The van der Waals surface area contributed by atoms with Crippen LogP contribution in [0.15, 0.2) is 41.7 Å². The predicted octanol–water partition coefficient (Wildman–Crippen LogP) is 0.683. The summed E-state index contributed by atoms with van der Waals surface area (Å²) in [6, 6.07) is 4.30. The Balaban J connectivity index is 1.76. The fourth-order valence-corrected chi connectivity index (χ4v) is 4.88. The Morgan fingerprint density at radius 3 is 2.68 bits per heavy atom. The second-order valence-electron chi connectivity index (χ2n) is 6.77. The van der Waals surface area contributed by atoms with E-state index in [0.29, 0.717) is 18.5 Å². The van der Waals surface area contributed by atoms with Gasteiger partial charge in [-0.2, -0.15) is 4.31 Å². The van der Waals surface area contributed by atoms with Crippen LogP contribution in [0.4, 0.5) is 0 Å². The summed E-state index contributed by atoms with van der Waals surface area (Å²) in [7, 11) is -3.85. The van der Waals surface area contributed by atoms with Crippen LogP contribution in [0.3, 0.4) is 0 Å². The summed E-state index contributed by atoms with van der Waals surface area (Å²) in [5.74, 6) is -1.81. The molecule has 28 heavy (non-hydrogen) atoms. The standard InChI is InChI=1S/C18H22N4O5S/c1-12-4-6-14(7-5-12)28(26,27)22-8-2-3-16(22)17(23)21-15(18(24)25)9-13-10-19-11-20-13/h4-7,10-11,15-16H,2-3,8-9H2,1H3,(H,19,20)(H,21,23)(H,24,25)/t15-,16-/m0/s1. The molecule has 1 aliphatic heterocycles. The zero-order valence-corrected chi connectivity index (χ0v) is 16.1. The summed E-state index contributed by atoms with van der Waals surface area (Å²) >= 11 is 0. The van der Waals surface area contributed by atoms with Crippen molar-refractivity contribution in [2.45, 2.75) is 43.2 Å². The van der Waals surface area contributed by atoms with Crippen LogP contribution in [-0.2, 0) is 26.0 Å². The van der Waals surface area contributed by atoms with Crippen LogP contribution in [0.5, 0.6) is 0 Å². The molecule has 3 rings (SSSR count). The Morgan fingerprint density at radius 2 is 2.07 bits per heavy atom. The Hall–Kier alpha value is -2.72. The first-order valence-electron chi connectivity index (χ1n) is 8.88. The average Bonchev–Trinajstić information content (AvgIpc) is 3.33. The SMILES string of the molecule is Cc1ccc(S(=O)(=O)N2CCC[C@H]2C(=O)N[C@@H](Cc2cnc[nH]2)C(=O)O)cc1. The number of carboxylic acid groups (broad SMARTS) is 1. The second kappa shape index (κ2) is 8.11. The van der Waals surface area contributed by atoms with E-state index in [1.54, 1.807) is 12.1 Å². The number of aromatic nitrogens is 2. The molecule has 0 aliphatic carbocycles. The first-order valence-corrected chi connectivity index (χ1v) is 10.3. The lowest BCUT2D eigenvalue weighted by Crippen LogP contribution is -2.51. The number of imidazole rings is 1. The number of sulfonamides is 1. The molecule has 1 aromatic heterocycles. The van der Waals surface area contributed by atoms with Gasteiger partial charge in [0.2, 0.25) is 15.9 Å². The van der Waals surface area contributed by atoms with Crippen molar-refractivity contribution in [3.8, 4) is 0 Å². The lowest BCUT2D eigenvalue weighted by atomic mass is 10.1. The van der Waals surface area contributed by atoms with Crippen LogP contribution in [0.25, 0.3) is 0 Å². The van der Waals surface area contributed by atoms with Crippen molar-refractivity contribution < 1.29 is 23.1 Å². The molecule has 2 atom stereocenters. The number of aromatic amines is 1. The van der Waals surface area contributed by atoms with Gasteiger partial charge in [0.15, 0.2) is 0 Å². The maximum absolute atomic E-state index is 13.0. The molecule has 1 fully saturated rings. The molecule has 0 bridgehead atoms. The fraction of sp³-hybridized carbons (Fsp3) is 0.389. The van der Waals surface area contributed by atoms with Crippen LogP contribution in [0.1, 0.15) is 24.1 Å². The number of carbonyl (C=O) groups excluding carboxylic acids is 1. The monoisotopic (exact) mass is 406 g/mol. The van der Waals surface area contributed by atoms with E-state index in [1.807, 2.05) is 6.92 Å². The third-order valence-corrected chi connectivity index (χ3v) is 6.65. The maximum Gasteiger partial charge on any atom is 0.326 e. The molecular formula is C18H22N4O5S. The van der Waals surface area contributed by atoms with Gasteiger partial charge >= 0.3 is 5.97 Å². The van der Waals surface area contributed by atoms with Gasteiger partial charge in [-0.3, -0.25) is 4.79 Å². The number of carboxylic acids is 1. The molecule has 0 saturated carbocycles. The van der Waals surface area contributed by atoms with E-state index in [0.717, 1.165) is 9.87 Å². The Labute approximate surface area is 162 Å². The van der Waals surface area contributed by atoms with Gasteiger partial charge < -0.3 is 15.4 Å². The highest BCUT2D eigenvalue weighted by molar-refractivity contribution is 7.89. The number of carbonyl (C=O) groups is 2. The van der Waals surface area contributed by atoms with E-state index in [1.165, 1.54) is 24.7 Å². The molecule has 3 N–H and O–H groups in total. The summed E-state index contributed by atoms with van der Waals surface area (Å²) < 4.78 is 27.1. The topological polar surface area (TPSA) is 132 Å². The minimum atomic E-state index is -3.85. The smallest absolute Gasteiger partial charge is 0.326 e.